The maximum absolute atomic E-state index is 12.8. The fourth-order valence-electron chi connectivity index (χ4n) is 2.14. The number of nitrogens with zero attached hydrogens (tertiary/aromatic N) is 1. The number of amides is 1. The van der Waals surface area contributed by atoms with Gasteiger partial charge in [-0.05, 0) is 35.6 Å². The summed E-state index contributed by atoms with van der Waals surface area (Å²) in [6.07, 6.45) is 1.97. The van der Waals surface area contributed by atoms with Gasteiger partial charge in [0.05, 0.1) is 6.54 Å². The number of nitrogens with one attached hydrogen (secondary N) is 1. The Morgan fingerprint density at radius 3 is 2.60 bits per heavy atom. The molecular weight excluding hydrogens is 363 g/mol. The summed E-state index contributed by atoms with van der Waals surface area (Å²) in [6, 6.07) is 9.15. The molecule has 25 heavy (non-hydrogen) atoms. The zero-order valence-electron chi connectivity index (χ0n) is 13.5. The van der Waals surface area contributed by atoms with Crippen molar-refractivity contribution in [3.63, 3.8) is 0 Å². The highest BCUT2D eigenvalue weighted by atomic mass is 32.2. The summed E-state index contributed by atoms with van der Waals surface area (Å²) < 4.78 is 39.2. The first-order valence-electron chi connectivity index (χ1n) is 7.59. The zero-order valence-corrected chi connectivity index (χ0v) is 15.2. The van der Waals surface area contributed by atoms with Crippen molar-refractivity contribution in [1.82, 2.24) is 9.62 Å². The molecule has 0 aliphatic carbocycles. The second-order valence-corrected chi connectivity index (χ2v) is 8.36. The molecule has 0 spiro atoms. The van der Waals surface area contributed by atoms with Gasteiger partial charge in [-0.2, -0.15) is 4.31 Å². The van der Waals surface area contributed by atoms with Gasteiger partial charge in [0.15, 0.2) is 0 Å². The van der Waals surface area contributed by atoms with E-state index in [1.165, 1.54) is 24.3 Å². The second-order valence-electron chi connectivity index (χ2n) is 5.24. The van der Waals surface area contributed by atoms with Crippen molar-refractivity contribution in [3.8, 4) is 0 Å². The number of hydrogen-bond acceptors (Lipinski definition) is 4. The van der Waals surface area contributed by atoms with Crippen molar-refractivity contribution in [2.45, 2.75) is 10.6 Å². The highest BCUT2D eigenvalue weighted by Crippen LogP contribution is 2.20. The minimum Gasteiger partial charge on any atom is -0.355 e. The largest absolute Gasteiger partial charge is 0.355 e. The van der Waals surface area contributed by atoms with Crippen LogP contribution >= 0.6 is 11.3 Å². The lowest BCUT2D eigenvalue weighted by Gasteiger charge is -2.19. The lowest BCUT2D eigenvalue weighted by Crippen LogP contribution is -2.41. The molecular formula is C17H19FN2O3S2. The van der Waals surface area contributed by atoms with Crippen LogP contribution in [0.5, 0.6) is 0 Å². The molecule has 0 fully saturated rings. The van der Waals surface area contributed by atoms with Crippen LogP contribution in [0.15, 0.2) is 58.6 Å². The van der Waals surface area contributed by atoms with Crippen LogP contribution in [0.3, 0.4) is 0 Å². The van der Waals surface area contributed by atoms with E-state index >= 15 is 0 Å². The SMILES string of the molecule is C=CCN(CC(=O)NCCc1ccc(F)cc1)S(=O)(=O)c1cccs1. The van der Waals surface area contributed by atoms with E-state index in [2.05, 4.69) is 11.9 Å². The van der Waals surface area contributed by atoms with Gasteiger partial charge in [-0.3, -0.25) is 4.79 Å². The van der Waals surface area contributed by atoms with E-state index in [1.54, 1.807) is 23.6 Å². The highest BCUT2D eigenvalue weighted by molar-refractivity contribution is 7.91. The Balaban J connectivity index is 1.91. The smallest absolute Gasteiger partial charge is 0.253 e. The number of sulfonamides is 1. The standard InChI is InChI=1S/C17H19FN2O3S2/c1-2-11-20(25(22,23)17-4-3-12-24-17)13-16(21)19-10-9-14-5-7-15(18)8-6-14/h2-8,12H,1,9-11,13H2,(H,19,21). The molecule has 0 aliphatic heterocycles. The molecule has 0 unspecified atom stereocenters. The maximum atomic E-state index is 12.8. The van der Waals surface area contributed by atoms with Crippen LogP contribution in [0, 0.1) is 5.82 Å². The third-order valence-corrected chi connectivity index (χ3v) is 6.58. The van der Waals surface area contributed by atoms with Gasteiger partial charge in [-0.1, -0.05) is 24.3 Å². The summed E-state index contributed by atoms with van der Waals surface area (Å²) in [5.74, 6) is -0.712. The first-order valence-corrected chi connectivity index (χ1v) is 9.91. The number of halogens is 1. The van der Waals surface area contributed by atoms with E-state index in [9.17, 15) is 17.6 Å². The Morgan fingerprint density at radius 1 is 1.28 bits per heavy atom. The highest BCUT2D eigenvalue weighted by Gasteiger charge is 2.26. The average molecular weight is 382 g/mol. The third-order valence-electron chi connectivity index (χ3n) is 3.39. The molecule has 1 N–H and O–H groups in total. The molecule has 1 aromatic heterocycles. The number of hydrogen-bond donors (Lipinski definition) is 1. The minimum atomic E-state index is -3.72. The quantitative estimate of drug-likeness (QED) is 0.678. The van der Waals surface area contributed by atoms with Gasteiger partial charge in [0.1, 0.15) is 10.0 Å². The Labute approximate surface area is 150 Å². The Bertz CT molecular complexity index is 803. The molecule has 0 radical (unpaired) electrons. The first kappa shape index (κ1) is 19.3. The van der Waals surface area contributed by atoms with Crippen LogP contribution in [0.1, 0.15) is 5.56 Å². The predicted molar refractivity (Wildman–Crippen MR) is 96.4 cm³/mol. The number of carbonyl (C=O) groups excluding carboxylic acids is 1. The molecule has 2 rings (SSSR count). The fraction of sp³-hybridized carbons (Fsp3) is 0.235. The molecule has 1 aromatic carbocycles. The van der Waals surface area contributed by atoms with Gasteiger partial charge in [0.25, 0.3) is 10.0 Å². The topological polar surface area (TPSA) is 66.5 Å². The van der Waals surface area contributed by atoms with Crippen LogP contribution in [-0.4, -0.2) is 38.3 Å². The van der Waals surface area contributed by atoms with Crippen LogP contribution < -0.4 is 5.32 Å². The van der Waals surface area contributed by atoms with Crippen LogP contribution in [0.2, 0.25) is 0 Å². The fourth-order valence-corrected chi connectivity index (χ4v) is 4.65. The lowest BCUT2D eigenvalue weighted by molar-refractivity contribution is -0.121. The molecule has 2 aromatic rings. The van der Waals surface area contributed by atoms with Crippen molar-refractivity contribution in [2.24, 2.45) is 0 Å². The van der Waals surface area contributed by atoms with Crippen molar-refractivity contribution in [1.29, 1.82) is 0 Å². The molecule has 134 valence electrons. The molecule has 0 aliphatic rings. The van der Waals surface area contributed by atoms with Gasteiger partial charge in [-0.15, -0.1) is 17.9 Å². The Kier molecular flexibility index (Phi) is 6.86. The van der Waals surface area contributed by atoms with Crippen molar-refractivity contribution in [2.75, 3.05) is 19.6 Å². The summed E-state index contributed by atoms with van der Waals surface area (Å²) in [4.78, 5) is 12.1. The summed E-state index contributed by atoms with van der Waals surface area (Å²) >= 11 is 1.10. The van der Waals surface area contributed by atoms with Gasteiger partial charge in [0, 0.05) is 13.1 Å². The number of benzene rings is 1. The van der Waals surface area contributed by atoms with Crippen LogP contribution in [-0.2, 0) is 21.2 Å². The molecule has 1 heterocycles. The van der Waals surface area contributed by atoms with Gasteiger partial charge in [-0.25, -0.2) is 12.8 Å². The van der Waals surface area contributed by atoms with Gasteiger partial charge >= 0.3 is 0 Å². The molecule has 0 atom stereocenters. The Hall–Kier alpha value is -2.03. The molecule has 1 amide bonds. The van der Waals surface area contributed by atoms with E-state index in [0.29, 0.717) is 13.0 Å². The van der Waals surface area contributed by atoms with Crippen LogP contribution in [0.4, 0.5) is 4.39 Å². The number of thiophene rings is 1. The van der Waals surface area contributed by atoms with E-state index in [0.717, 1.165) is 21.2 Å². The second kappa shape index (κ2) is 8.89. The summed E-state index contributed by atoms with van der Waals surface area (Å²) in [7, 11) is -3.72. The van der Waals surface area contributed by atoms with Crippen molar-refractivity contribution < 1.29 is 17.6 Å². The summed E-state index contributed by atoms with van der Waals surface area (Å²) in [5.41, 5.74) is 0.885. The summed E-state index contributed by atoms with van der Waals surface area (Å²) in [5, 5.41) is 4.35. The zero-order chi connectivity index (χ0) is 18.3. The normalized spacial score (nSPS) is 11.4. The number of rotatable bonds is 9. The van der Waals surface area contributed by atoms with Gasteiger partial charge in [0.2, 0.25) is 5.91 Å². The van der Waals surface area contributed by atoms with E-state index in [-0.39, 0.29) is 23.1 Å². The molecule has 0 saturated heterocycles. The van der Waals surface area contributed by atoms with E-state index in [4.69, 9.17) is 0 Å². The Morgan fingerprint density at radius 2 is 2.00 bits per heavy atom. The number of carbonyl (C=O) groups is 1. The molecule has 5 nitrogen and oxygen atoms in total. The van der Waals surface area contributed by atoms with E-state index < -0.39 is 15.9 Å². The van der Waals surface area contributed by atoms with Gasteiger partial charge < -0.3 is 5.32 Å². The third kappa shape index (κ3) is 5.48. The van der Waals surface area contributed by atoms with Crippen LogP contribution in [0.25, 0.3) is 0 Å². The predicted octanol–water partition coefficient (Wildman–Crippen LogP) is 2.42. The summed E-state index contributed by atoms with van der Waals surface area (Å²) in [6.45, 7) is 3.65. The lowest BCUT2D eigenvalue weighted by atomic mass is 10.1. The van der Waals surface area contributed by atoms with Crippen molar-refractivity contribution >= 4 is 27.3 Å². The van der Waals surface area contributed by atoms with Crippen molar-refractivity contribution in [3.05, 3.63) is 65.8 Å². The minimum absolute atomic E-state index is 0.0472. The first-order chi connectivity index (χ1) is 11.9. The molecule has 8 heteroatoms. The molecule has 0 bridgehead atoms. The average Bonchev–Trinajstić information content (AvgIpc) is 3.11. The van der Waals surface area contributed by atoms with E-state index in [1.807, 2.05) is 0 Å². The monoisotopic (exact) mass is 382 g/mol. The maximum Gasteiger partial charge on any atom is 0.253 e. The molecule has 0 saturated carbocycles.